The van der Waals surface area contributed by atoms with Gasteiger partial charge < -0.3 is 14.5 Å². The van der Waals surface area contributed by atoms with Crippen molar-refractivity contribution in [1.29, 1.82) is 0 Å². The van der Waals surface area contributed by atoms with Gasteiger partial charge in [0.1, 0.15) is 5.75 Å². The third-order valence-corrected chi connectivity index (χ3v) is 6.32. The Balaban J connectivity index is 1.95. The summed E-state index contributed by atoms with van der Waals surface area (Å²) in [6.07, 6.45) is 23.7. The van der Waals surface area contributed by atoms with Crippen molar-refractivity contribution in [2.24, 2.45) is 0 Å². The maximum atomic E-state index is 12.1. The lowest BCUT2D eigenvalue weighted by molar-refractivity contribution is -0.869. The molecule has 0 saturated heterocycles. The number of hydrogen-bond donors (Lipinski definition) is 1. The van der Waals surface area contributed by atoms with E-state index in [1.54, 1.807) is 0 Å². The SMILES string of the molecule is CCCCCCCC/C=C\CCCCCCCCOc1ccc(CC(=O)NCC[N+](C)(C)C)cc1. The fourth-order valence-electron chi connectivity index (χ4n) is 4.02. The Hall–Kier alpha value is -1.81. The van der Waals surface area contributed by atoms with Crippen molar-refractivity contribution < 1.29 is 14.0 Å². The van der Waals surface area contributed by atoms with Crippen LogP contribution in [0.15, 0.2) is 36.4 Å². The third kappa shape index (κ3) is 20.1. The minimum Gasteiger partial charge on any atom is -0.494 e. The number of nitrogens with one attached hydrogen (secondary N) is 1. The first-order valence-electron chi connectivity index (χ1n) is 14.3. The van der Waals surface area contributed by atoms with Crippen molar-refractivity contribution in [1.82, 2.24) is 5.32 Å². The molecule has 1 N–H and O–H groups in total. The molecule has 0 saturated carbocycles. The molecule has 200 valence electrons. The number of quaternary nitrogens is 1. The first kappa shape index (κ1) is 31.2. The summed E-state index contributed by atoms with van der Waals surface area (Å²) >= 11 is 0. The van der Waals surface area contributed by atoms with Crippen LogP contribution in [-0.2, 0) is 11.2 Å². The average Bonchev–Trinajstić information content (AvgIpc) is 2.81. The molecule has 1 aromatic rings. The molecule has 4 nitrogen and oxygen atoms in total. The summed E-state index contributed by atoms with van der Waals surface area (Å²) in [7, 11) is 6.38. The number of carbonyl (C=O) groups excluding carboxylic acids is 1. The topological polar surface area (TPSA) is 38.3 Å². The molecule has 1 rings (SSSR count). The predicted octanol–water partition coefficient (Wildman–Crippen LogP) is 7.47. The Morgan fingerprint density at radius 3 is 1.91 bits per heavy atom. The molecule has 0 heterocycles. The molecule has 4 heteroatoms. The van der Waals surface area contributed by atoms with E-state index >= 15 is 0 Å². The van der Waals surface area contributed by atoms with E-state index in [-0.39, 0.29) is 5.91 Å². The quantitative estimate of drug-likeness (QED) is 0.105. The highest BCUT2D eigenvalue weighted by Gasteiger charge is 2.08. The lowest BCUT2D eigenvalue weighted by atomic mass is 10.1. The Morgan fingerprint density at radius 2 is 1.34 bits per heavy atom. The van der Waals surface area contributed by atoms with Crippen LogP contribution >= 0.6 is 0 Å². The van der Waals surface area contributed by atoms with Gasteiger partial charge in [0.25, 0.3) is 0 Å². The zero-order valence-corrected chi connectivity index (χ0v) is 23.5. The number of benzene rings is 1. The number of hydrogen-bond acceptors (Lipinski definition) is 2. The van der Waals surface area contributed by atoms with Crippen LogP contribution in [0.25, 0.3) is 0 Å². The lowest BCUT2D eigenvalue weighted by Gasteiger charge is -2.23. The van der Waals surface area contributed by atoms with E-state index in [2.05, 4.69) is 45.5 Å². The van der Waals surface area contributed by atoms with Crippen LogP contribution in [0.5, 0.6) is 5.75 Å². The Bertz CT molecular complexity index is 662. The van der Waals surface area contributed by atoms with E-state index in [0.29, 0.717) is 13.0 Å². The number of amides is 1. The number of carbonyl (C=O) groups is 1. The monoisotopic (exact) mass is 487 g/mol. The lowest BCUT2D eigenvalue weighted by Crippen LogP contribution is -2.42. The van der Waals surface area contributed by atoms with Gasteiger partial charge in [-0.2, -0.15) is 0 Å². The highest BCUT2D eigenvalue weighted by molar-refractivity contribution is 5.78. The van der Waals surface area contributed by atoms with Crippen molar-refractivity contribution >= 4 is 5.91 Å². The minimum absolute atomic E-state index is 0.0799. The van der Waals surface area contributed by atoms with E-state index in [1.807, 2.05) is 24.3 Å². The van der Waals surface area contributed by atoms with Crippen molar-refractivity contribution in [2.45, 2.75) is 103 Å². The van der Waals surface area contributed by atoms with Gasteiger partial charge in [-0.1, -0.05) is 89.0 Å². The van der Waals surface area contributed by atoms with Gasteiger partial charge in [-0.05, 0) is 49.8 Å². The number of nitrogens with zero attached hydrogens (tertiary/aromatic N) is 1. The van der Waals surface area contributed by atoms with Gasteiger partial charge in [-0.3, -0.25) is 4.79 Å². The Kier molecular flexibility index (Phi) is 18.2. The van der Waals surface area contributed by atoms with Gasteiger partial charge in [-0.15, -0.1) is 0 Å². The summed E-state index contributed by atoms with van der Waals surface area (Å²) in [6.45, 7) is 4.68. The van der Waals surface area contributed by atoms with Crippen LogP contribution in [0.2, 0.25) is 0 Å². The van der Waals surface area contributed by atoms with Crippen molar-refractivity contribution in [3.8, 4) is 5.75 Å². The van der Waals surface area contributed by atoms with Crippen LogP contribution in [0.1, 0.15) is 102 Å². The Labute approximate surface area is 217 Å². The number of likely N-dealkylation sites (N-methyl/N-ethyl adjacent to an activating group) is 1. The molecule has 0 aliphatic heterocycles. The standard InChI is InChI=1S/C31H54N2O2/c1-5-6-7-8-9-10-11-12-13-14-15-16-17-18-19-20-27-35-30-23-21-29(22-24-30)28-31(34)32-25-26-33(2,3)4/h12-13,21-24H,5-11,14-20,25-28H2,1-4H3/p+1/b13-12-. The van der Waals surface area contributed by atoms with Crippen LogP contribution in [-0.4, -0.2) is 51.2 Å². The second kappa shape index (κ2) is 20.4. The van der Waals surface area contributed by atoms with Gasteiger partial charge in [0.05, 0.1) is 47.3 Å². The van der Waals surface area contributed by atoms with E-state index in [4.69, 9.17) is 4.74 Å². The molecule has 0 radical (unpaired) electrons. The molecule has 1 aromatic carbocycles. The largest absolute Gasteiger partial charge is 0.494 e. The molecule has 0 fully saturated rings. The highest BCUT2D eigenvalue weighted by Crippen LogP contribution is 2.14. The molecule has 0 spiro atoms. The number of allylic oxidation sites excluding steroid dienone is 2. The second-order valence-corrected chi connectivity index (χ2v) is 11.0. The fourth-order valence-corrected chi connectivity index (χ4v) is 4.02. The van der Waals surface area contributed by atoms with Gasteiger partial charge >= 0.3 is 0 Å². The molecule has 0 atom stereocenters. The number of rotatable bonds is 22. The molecule has 35 heavy (non-hydrogen) atoms. The summed E-state index contributed by atoms with van der Waals surface area (Å²) in [5.74, 6) is 0.975. The van der Waals surface area contributed by atoms with Gasteiger partial charge in [-0.25, -0.2) is 0 Å². The summed E-state index contributed by atoms with van der Waals surface area (Å²) in [5, 5.41) is 3.00. The summed E-state index contributed by atoms with van der Waals surface area (Å²) in [6, 6.07) is 7.96. The maximum absolute atomic E-state index is 12.1. The predicted molar refractivity (Wildman–Crippen MR) is 151 cm³/mol. The number of unbranched alkanes of at least 4 members (excludes halogenated alkanes) is 12. The van der Waals surface area contributed by atoms with Crippen LogP contribution in [0, 0.1) is 0 Å². The van der Waals surface area contributed by atoms with E-state index in [9.17, 15) is 4.79 Å². The van der Waals surface area contributed by atoms with Crippen molar-refractivity contribution in [3.05, 3.63) is 42.0 Å². The summed E-state index contributed by atoms with van der Waals surface area (Å²) < 4.78 is 6.73. The van der Waals surface area contributed by atoms with Crippen molar-refractivity contribution in [3.63, 3.8) is 0 Å². The molecule has 0 aliphatic rings. The van der Waals surface area contributed by atoms with Gasteiger partial charge in [0.15, 0.2) is 0 Å². The zero-order chi connectivity index (χ0) is 25.6. The van der Waals surface area contributed by atoms with Crippen molar-refractivity contribution in [2.75, 3.05) is 40.8 Å². The first-order valence-corrected chi connectivity index (χ1v) is 14.3. The van der Waals surface area contributed by atoms with E-state index in [0.717, 1.165) is 35.4 Å². The van der Waals surface area contributed by atoms with E-state index < -0.39 is 0 Å². The number of ether oxygens (including phenoxy) is 1. The summed E-state index contributed by atoms with van der Waals surface area (Å²) in [4.78, 5) is 12.1. The summed E-state index contributed by atoms with van der Waals surface area (Å²) in [5.41, 5.74) is 1.03. The minimum atomic E-state index is 0.0799. The molecule has 0 aromatic heterocycles. The third-order valence-electron chi connectivity index (χ3n) is 6.32. The fraction of sp³-hybridized carbons (Fsp3) is 0.710. The Morgan fingerprint density at radius 1 is 0.800 bits per heavy atom. The molecule has 0 bridgehead atoms. The zero-order valence-electron chi connectivity index (χ0n) is 23.5. The first-order chi connectivity index (χ1) is 16.9. The molecule has 0 aliphatic carbocycles. The van der Waals surface area contributed by atoms with Crippen LogP contribution < -0.4 is 10.1 Å². The highest BCUT2D eigenvalue weighted by atomic mass is 16.5. The second-order valence-electron chi connectivity index (χ2n) is 11.0. The molecule has 1 amide bonds. The van der Waals surface area contributed by atoms with Crippen LogP contribution in [0.4, 0.5) is 0 Å². The smallest absolute Gasteiger partial charge is 0.224 e. The van der Waals surface area contributed by atoms with Crippen LogP contribution in [0.3, 0.4) is 0 Å². The maximum Gasteiger partial charge on any atom is 0.224 e. The molecule has 0 unspecified atom stereocenters. The van der Waals surface area contributed by atoms with Gasteiger partial charge in [0, 0.05) is 0 Å². The normalized spacial score (nSPS) is 11.8. The molecular formula is C31H55N2O2+. The average molecular weight is 488 g/mol. The molecular weight excluding hydrogens is 432 g/mol. The van der Waals surface area contributed by atoms with Gasteiger partial charge in [0.2, 0.25) is 5.91 Å². The van der Waals surface area contributed by atoms with E-state index in [1.165, 1.54) is 83.5 Å².